The van der Waals surface area contributed by atoms with Crippen molar-refractivity contribution in [2.45, 2.75) is 20.4 Å². The third-order valence-corrected chi connectivity index (χ3v) is 4.78. The molecule has 1 N–H and O–H groups in total. The molecule has 4 heteroatoms. The summed E-state index contributed by atoms with van der Waals surface area (Å²) in [5.74, 6) is 0. The summed E-state index contributed by atoms with van der Waals surface area (Å²) in [6, 6.07) is 20.2. The number of nitriles is 2. The lowest BCUT2D eigenvalue weighted by atomic mass is 10.0. The van der Waals surface area contributed by atoms with Crippen LogP contribution in [0.1, 0.15) is 28.1 Å². The molecule has 3 aromatic rings. The van der Waals surface area contributed by atoms with Gasteiger partial charge in [0, 0.05) is 36.2 Å². The van der Waals surface area contributed by atoms with E-state index in [0.717, 1.165) is 28.2 Å². The van der Waals surface area contributed by atoms with E-state index in [9.17, 15) is 5.26 Å². The highest BCUT2D eigenvalue weighted by Crippen LogP contribution is 2.32. The number of nitrogens with zero attached hydrogens (tertiary/aromatic N) is 3. The molecule has 0 radical (unpaired) electrons. The molecule has 2 aromatic carbocycles. The van der Waals surface area contributed by atoms with Gasteiger partial charge >= 0.3 is 0 Å². The van der Waals surface area contributed by atoms with Gasteiger partial charge in [-0.05, 0) is 49.2 Å². The third kappa shape index (κ3) is 3.98. The van der Waals surface area contributed by atoms with Crippen LogP contribution in [0.25, 0.3) is 11.1 Å². The molecule has 0 atom stereocenters. The van der Waals surface area contributed by atoms with E-state index >= 15 is 0 Å². The normalized spacial score (nSPS) is 9.61. The summed E-state index contributed by atoms with van der Waals surface area (Å²) in [5, 5.41) is 21.8. The first-order chi connectivity index (χ1) is 13.6. The molecule has 1 aromatic heterocycles. The zero-order chi connectivity index (χ0) is 20.7. The second kappa shape index (κ2) is 9.26. The number of aromatic nitrogens is 1. The Morgan fingerprint density at radius 3 is 2.00 bits per heavy atom. The van der Waals surface area contributed by atoms with Crippen LogP contribution in [0, 0.1) is 36.5 Å². The van der Waals surface area contributed by atoms with E-state index in [1.165, 1.54) is 5.56 Å². The van der Waals surface area contributed by atoms with E-state index in [2.05, 4.69) is 59.4 Å². The number of hydrogen-bond acceptors (Lipinski definition) is 3. The number of rotatable bonds is 4. The first-order valence-corrected chi connectivity index (χ1v) is 8.96. The molecule has 1 heterocycles. The Labute approximate surface area is 167 Å². The molecule has 0 aliphatic heterocycles. The van der Waals surface area contributed by atoms with Gasteiger partial charge < -0.3 is 9.88 Å². The second-order valence-electron chi connectivity index (χ2n) is 6.25. The molecule has 0 fully saturated rings. The van der Waals surface area contributed by atoms with Crippen molar-refractivity contribution in [1.82, 2.24) is 4.57 Å². The van der Waals surface area contributed by atoms with Crippen molar-refractivity contribution < 1.29 is 0 Å². The maximum atomic E-state index is 9.71. The van der Waals surface area contributed by atoms with Crippen LogP contribution in [-0.2, 0) is 6.54 Å². The molecule has 140 valence electrons. The fourth-order valence-corrected chi connectivity index (χ4v) is 3.28. The maximum absolute atomic E-state index is 9.71. The van der Waals surface area contributed by atoms with E-state index in [0.29, 0.717) is 17.7 Å². The van der Waals surface area contributed by atoms with Crippen molar-refractivity contribution in [3.8, 4) is 23.3 Å². The summed E-state index contributed by atoms with van der Waals surface area (Å²) >= 11 is 0. The Kier molecular flexibility index (Phi) is 6.79. The zero-order valence-electron chi connectivity index (χ0n) is 16.6. The van der Waals surface area contributed by atoms with Gasteiger partial charge in [0.1, 0.15) is 6.07 Å². The molecule has 0 unspecified atom stereocenters. The molecule has 0 saturated heterocycles. The molecular weight excluding hydrogens is 344 g/mol. The lowest BCUT2D eigenvalue weighted by Gasteiger charge is -2.11. The Bertz CT molecular complexity index is 1030. The number of nitrogens with one attached hydrogen (secondary N) is 1. The smallest absolute Gasteiger partial charge is 0.102 e. The first-order valence-electron chi connectivity index (χ1n) is 8.96. The number of benzene rings is 2. The Hall–Kier alpha value is -3.76. The van der Waals surface area contributed by atoms with Crippen molar-refractivity contribution in [3.63, 3.8) is 0 Å². The molecule has 0 amide bonds. The summed E-state index contributed by atoms with van der Waals surface area (Å²) < 4.78 is 2.18. The Morgan fingerprint density at radius 2 is 1.50 bits per heavy atom. The minimum Gasteiger partial charge on any atom is -0.388 e. The van der Waals surface area contributed by atoms with E-state index in [-0.39, 0.29) is 0 Å². The lowest BCUT2D eigenvalue weighted by molar-refractivity contribution is 0.749. The van der Waals surface area contributed by atoms with E-state index in [4.69, 9.17) is 5.26 Å². The largest absolute Gasteiger partial charge is 0.388 e. The average molecular weight is 368 g/mol. The van der Waals surface area contributed by atoms with Crippen LogP contribution in [0.5, 0.6) is 0 Å². The van der Waals surface area contributed by atoms with Crippen LogP contribution >= 0.6 is 0 Å². The SMILES string of the molecule is C=C.CNc1ccc(Cn2c(C)c(C#N)c(-c3ccc(C#N)cc3)c2C)cc1. The van der Waals surface area contributed by atoms with Crippen molar-refractivity contribution in [2.24, 2.45) is 0 Å². The Balaban J connectivity index is 0.00000136. The minimum absolute atomic E-state index is 0.616. The monoisotopic (exact) mass is 368 g/mol. The standard InChI is InChI=1S/C22H20N4.C2H4/c1-15-21(13-24)22(19-8-4-17(12-23)5-9-19)16(2)26(15)14-18-6-10-20(25-3)11-7-18;1-2/h4-11,25H,14H2,1-3H3;1-2H2. The predicted octanol–water partition coefficient (Wildman–Crippen LogP) is 5.41. The highest BCUT2D eigenvalue weighted by molar-refractivity contribution is 5.75. The molecule has 28 heavy (non-hydrogen) atoms. The van der Waals surface area contributed by atoms with Crippen LogP contribution in [-0.4, -0.2) is 11.6 Å². The fourth-order valence-electron chi connectivity index (χ4n) is 3.28. The lowest BCUT2D eigenvalue weighted by Crippen LogP contribution is -2.04. The predicted molar refractivity (Wildman–Crippen MR) is 115 cm³/mol. The summed E-state index contributed by atoms with van der Waals surface area (Å²) in [7, 11) is 1.90. The fraction of sp³-hybridized carbons (Fsp3) is 0.167. The zero-order valence-corrected chi connectivity index (χ0v) is 16.6. The number of anilines is 1. The van der Waals surface area contributed by atoms with Crippen LogP contribution < -0.4 is 5.32 Å². The first kappa shape index (κ1) is 20.6. The molecular formula is C24H24N4. The van der Waals surface area contributed by atoms with Crippen molar-refractivity contribution in [1.29, 1.82) is 10.5 Å². The van der Waals surface area contributed by atoms with Gasteiger partial charge in [-0.1, -0.05) is 24.3 Å². The van der Waals surface area contributed by atoms with Gasteiger partial charge in [-0.25, -0.2) is 0 Å². The Morgan fingerprint density at radius 1 is 0.893 bits per heavy atom. The van der Waals surface area contributed by atoms with Gasteiger partial charge in [-0.3, -0.25) is 0 Å². The van der Waals surface area contributed by atoms with Gasteiger partial charge in [0.2, 0.25) is 0 Å². The molecule has 0 aliphatic carbocycles. The van der Waals surface area contributed by atoms with Gasteiger partial charge in [0.25, 0.3) is 0 Å². The van der Waals surface area contributed by atoms with E-state index in [1.807, 2.05) is 33.0 Å². The summed E-state index contributed by atoms with van der Waals surface area (Å²) in [6.45, 7) is 10.7. The maximum Gasteiger partial charge on any atom is 0.102 e. The van der Waals surface area contributed by atoms with Crippen molar-refractivity contribution in [3.05, 3.63) is 89.8 Å². The highest BCUT2D eigenvalue weighted by atomic mass is 15.0. The average Bonchev–Trinajstić information content (AvgIpc) is 2.99. The van der Waals surface area contributed by atoms with Crippen LogP contribution in [0.3, 0.4) is 0 Å². The summed E-state index contributed by atoms with van der Waals surface area (Å²) in [5.41, 5.74) is 7.49. The molecule has 0 saturated carbocycles. The van der Waals surface area contributed by atoms with Crippen LogP contribution in [0.15, 0.2) is 61.7 Å². The molecule has 0 bridgehead atoms. The van der Waals surface area contributed by atoms with Gasteiger partial charge in [0.15, 0.2) is 0 Å². The van der Waals surface area contributed by atoms with Crippen molar-refractivity contribution in [2.75, 3.05) is 12.4 Å². The minimum atomic E-state index is 0.616. The highest BCUT2D eigenvalue weighted by Gasteiger charge is 2.19. The second-order valence-corrected chi connectivity index (χ2v) is 6.25. The van der Waals surface area contributed by atoms with Gasteiger partial charge in [-0.15, -0.1) is 13.2 Å². The van der Waals surface area contributed by atoms with E-state index < -0.39 is 0 Å². The summed E-state index contributed by atoms with van der Waals surface area (Å²) in [6.07, 6.45) is 0. The molecule has 0 aliphatic rings. The van der Waals surface area contributed by atoms with Crippen LogP contribution in [0.2, 0.25) is 0 Å². The van der Waals surface area contributed by atoms with Gasteiger partial charge in [-0.2, -0.15) is 10.5 Å². The summed E-state index contributed by atoms with van der Waals surface area (Å²) in [4.78, 5) is 0. The van der Waals surface area contributed by atoms with E-state index in [1.54, 1.807) is 12.1 Å². The molecule has 4 nitrogen and oxygen atoms in total. The quantitative estimate of drug-likeness (QED) is 0.626. The van der Waals surface area contributed by atoms with Crippen LogP contribution in [0.4, 0.5) is 5.69 Å². The third-order valence-electron chi connectivity index (χ3n) is 4.78. The van der Waals surface area contributed by atoms with Crippen molar-refractivity contribution >= 4 is 5.69 Å². The molecule has 3 rings (SSSR count). The molecule has 0 spiro atoms. The number of hydrogen-bond donors (Lipinski definition) is 1. The van der Waals surface area contributed by atoms with Gasteiger partial charge in [0.05, 0.1) is 17.2 Å². The topological polar surface area (TPSA) is 64.5 Å².